The second-order valence-corrected chi connectivity index (χ2v) is 9.29. The number of ether oxygens (including phenoxy) is 1. The van der Waals surface area contributed by atoms with Crippen LogP contribution in [0.15, 0.2) is 78.6 Å². The van der Waals surface area contributed by atoms with Gasteiger partial charge in [-0.3, -0.25) is 14.6 Å². The van der Waals surface area contributed by atoms with E-state index in [1.807, 2.05) is 50.2 Å². The summed E-state index contributed by atoms with van der Waals surface area (Å²) in [5.41, 5.74) is 3.30. The van der Waals surface area contributed by atoms with Crippen molar-refractivity contribution in [2.75, 3.05) is 0 Å². The number of Topliss-reactive ketones (excluding diaryl/α,β-unsaturated/α-hetero) is 1. The third-order valence-electron chi connectivity index (χ3n) is 6.06. The van der Waals surface area contributed by atoms with Gasteiger partial charge in [-0.25, -0.2) is 0 Å². The summed E-state index contributed by atoms with van der Waals surface area (Å²) < 4.78 is 5.68. The number of ketones is 1. The molecule has 4 rings (SSSR count). The maximum atomic E-state index is 13.2. The fraction of sp³-hybridized carbons (Fsp3) is 0.276. The molecule has 1 unspecified atom stereocenters. The Hall–Kier alpha value is -3.93. The first-order valence-corrected chi connectivity index (χ1v) is 11.8. The Morgan fingerprint density at radius 1 is 0.943 bits per heavy atom. The van der Waals surface area contributed by atoms with Gasteiger partial charge in [0.1, 0.15) is 11.5 Å². The summed E-state index contributed by atoms with van der Waals surface area (Å²) in [5.74, 6) is -0.526. The molecule has 6 nitrogen and oxygen atoms in total. The minimum atomic E-state index is -0.712. The lowest BCUT2D eigenvalue weighted by atomic mass is 9.93. The topological polar surface area (TPSA) is 79.7 Å². The van der Waals surface area contributed by atoms with Gasteiger partial charge in [0, 0.05) is 24.5 Å². The fourth-order valence-electron chi connectivity index (χ4n) is 4.26. The second kappa shape index (κ2) is 10.1. The first kappa shape index (κ1) is 24.2. The third-order valence-corrected chi connectivity index (χ3v) is 6.06. The molecule has 1 aliphatic rings. The molecule has 180 valence electrons. The average molecular weight is 471 g/mol. The SMILES string of the molecule is CC(C)Oc1ccc(/C(O)=C2/C(=O)C(=O)N(Cc3ccncc3)C2c2ccc(C(C)C)cc2)cc1. The van der Waals surface area contributed by atoms with Crippen molar-refractivity contribution in [1.29, 1.82) is 0 Å². The Balaban J connectivity index is 1.80. The number of carbonyl (C=O) groups excluding carboxylic acids is 2. The molecule has 1 aliphatic heterocycles. The zero-order chi connectivity index (χ0) is 25.1. The Morgan fingerprint density at radius 3 is 2.14 bits per heavy atom. The standard InChI is InChI=1S/C29H30N2O4/c1-18(2)21-5-7-22(8-6-21)26-25(27(32)23-9-11-24(12-10-23)35-19(3)4)28(33)29(34)31(26)17-20-13-15-30-16-14-20/h5-16,18-19,26,32H,17H2,1-4H3/b27-25-. The lowest BCUT2D eigenvalue weighted by Crippen LogP contribution is -2.29. The minimum Gasteiger partial charge on any atom is -0.507 e. The van der Waals surface area contributed by atoms with E-state index in [-0.39, 0.29) is 24.0 Å². The highest BCUT2D eigenvalue weighted by Crippen LogP contribution is 2.40. The van der Waals surface area contributed by atoms with Crippen LogP contribution in [0, 0.1) is 0 Å². The first-order valence-electron chi connectivity index (χ1n) is 11.8. The van der Waals surface area contributed by atoms with Crippen molar-refractivity contribution in [3.63, 3.8) is 0 Å². The fourth-order valence-corrected chi connectivity index (χ4v) is 4.26. The van der Waals surface area contributed by atoms with E-state index in [0.717, 1.165) is 16.7 Å². The number of amides is 1. The number of benzene rings is 2. The molecule has 1 aromatic heterocycles. The van der Waals surface area contributed by atoms with Crippen molar-refractivity contribution in [1.82, 2.24) is 9.88 Å². The quantitative estimate of drug-likeness (QED) is 0.276. The number of aliphatic hydroxyl groups excluding tert-OH is 1. The van der Waals surface area contributed by atoms with Crippen LogP contribution in [0.1, 0.15) is 61.9 Å². The van der Waals surface area contributed by atoms with E-state index in [4.69, 9.17) is 4.74 Å². The van der Waals surface area contributed by atoms with E-state index in [9.17, 15) is 14.7 Å². The number of pyridine rings is 1. The van der Waals surface area contributed by atoms with Gasteiger partial charge in [-0.05, 0) is 72.9 Å². The summed E-state index contributed by atoms with van der Waals surface area (Å²) in [6.45, 7) is 8.31. The number of carbonyl (C=O) groups is 2. The van der Waals surface area contributed by atoms with Crippen molar-refractivity contribution in [3.05, 3.63) is 101 Å². The molecule has 0 bridgehead atoms. The maximum absolute atomic E-state index is 13.2. The Morgan fingerprint density at radius 2 is 1.57 bits per heavy atom. The van der Waals surface area contributed by atoms with Gasteiger partial charge in [0.2, 0.25) is 0 Å². The summed E-state index contributed by atoms with van der Waals surface area (Å²) in [4.78, 5) is 32.0. The van der Waals surface area contributed by atoms with Crippen molar-refractivity contribution in [2.24, 2.45) is 0 Å². The van der Waals surface area contributed by atoms with Gasteiger partial charge in [0.25, 0.3) is 11.7 Å². The van der Waals surface area contributed by atoms with Gasteiger partial charge in [-0.15, -0.1) is 0 Å². The van der Waals surface area contributed by atoms with Gasteiger partial charge < -0.3 is 14.7 Å². The molecule has 1 saturated heterocycles. The van der Waals surface area contributed by atoms with Crippen molar-refractivity contribution < 1.29 is 19.4 Å². The highest BCUT2D eigenvalue weighted by molar-refractivity contribution is 6.46. The molecule has 6 heteroatoms. The molecule has 35 heavy (non-hydrogen) atoms. The van der Waals surface area contributed by atoms with Gasteiger partial charge in [-0.1, -0.05) is 38.1 Å². The number of aromatic nitrogens is 1. The molecule has 3 aromatic rings. The van der Waals surface area contributed by atoms with Gasteiger partial charge in [0.15, 0.2) is 0 Å². The average Bonchev–Trinajstić information content (AvgIpc) is 3.09. The van der Waals surface area contributed by atoms with Crippen molar-refractivity contribution in [3.8, 4) is 5.75 Å². The predicted molar refractivity (Wildman–Crippen MR) is 135 cm³/mol. The van der Waals surface area contributed by atoms with Crippen LogP contribution in [0.3, 0.4) is 0 Å². The number of hydrogen-bond donors (Lipinski definition) is 1. The number of likely N-dealkylation sites (tertiary alicyclic amines) is 1. The van der Waals surface area contributed by atoms with Crippen LogP contribution in [0.2, 0.25) is 0 Å². The van der Waals surface area contributed by atoms with Crippen LogP contribution in [0.4, 0.5) is 0 Å². The maximum Gasteiger partial charge on any atom is 0.295 e. The monoisotopic (exact) mass is 470 g/mol. The third kappa shape index (κ3) is 5.11. The molecule has 0 aliphatic carbocycles. The molecule has 2 aromatic carbocycles. The Kier molecular flexibility index (Phi) is 7.01. The summed E-state index contributed by atoms with van der Waals surface area (Å²) in [5, 5.41) is 11.3. The van der Waals surface area contributed by atoms with E-state index >= 15 is 0 Å². The van der Waals surface area contributed by atoms with E-state index < -0.39 is 17.7 Å². The van der Waals surface area contributed by atoms with Crippen molar-refractivity contribution >= 4 is 17.4 Å². The van der Waals surface area contributed by atoms with E-state index in [1.54, 1.807) is 36.7 Å². The van der Waals surface area contributed by atoms with Crippen LogP contribution in [-0.2, 0) is 16.1 Å². The number of hydrogen-bond acceptors (Lipinski definition) is 5. The summed E-state index contributed by atoms with van der Waals surface area (Å²) in [7, 11) is 0. The molecule has 1 fully saturated rings. The highest BCUT2D eigenvalue weighted by Gasteiger charge is 2.46. The number of aliphatic hydroxyl groups is 1. The van der Waals surface area contributed by atoms with E-state index in [1.165, 1.54) is 4.90 Å². The smallest absolute Gasteiger partial charge is 0.295 e. The molecule has 0 spiro atoms. The van der Waals surface area contributed by atoms with Crippen molar-refractivity contribution in [2.45, 2.75) is 52.3 Å². The Bertz CT molecular complexity index is 1230. The van der Waals surface area contributed by atoms with Gasteiger partial charge in [-0.2, -0.15) is 0 Å². The molecule has 2 heterocycles. The molecule has 1 N–H and O–H groups in total. The minimum absolute atomic E-state index is 0.0155. The Labute approximate surface area is 205 Å². The molecule has 0 radical (unpaired) electrons. The van der Waals surface area contributed by atoms with Crippen LogP contribution >= 0.6 is 0 Å². The van der Waals surface area contributed by atoms with E-state index in [2.05, 4.69) is 18.8 Å². The molecular formula is C29H30N2O4. The largest absolute Gasteiger partial charge is 0.507 e. The molecule has 1 atom stereocenters. The second-order valence-electron chi connectivity index (χ2n) is 9.29. The normalized spacial score (nSPS) is 17.4. The number of rotatable bonds is 7. The molecule has 0 saturated carbocycles. The first-order chi connectivity index (χ1) is 16.8. The summed E-state index contributed by atoms with van der Waals surface area (Å²) >= 11 is 0. The molecule has 1 amide bonds. The molecular weight excluding hydrogens is 440 g/mol. The zero-order valence-corrected chi connectivity index (χ0v) is 20.4. The van der Waals surface area contributed by atoms with E-state index in [0.29, 0.717) is 17.2 Å². The summed E-state index contributed by atoms with van der Waals surface area (Å²) in [6, 6.07) is 17.7. The zero-order valence-electron chi connectivity index (χ0n) is 20.4. The predicted octanol–water partition coefficient (Wildman–Crippen LogP) is 5.61. The lowest BCUT2D eigenvalue weighted by Gasteiger charge is -2.26. The lowest BCUT2D eigenvalue weighted by molar-refractivity contribution is -0.140. The van der Waals surface area contributed by atoms with Crippen LogP contribution in [-0.4, -0.2) is 32.8 Å². The van der Waals surface area contributed by atoms with Gasteiger partial charge in [0.05, 0.1) is 17.7 Å². The number of nitrogens with zero attached hydrogens (tertiary/aromatic N) is 2. The van der Waals surface area contributed by atoms with Crippen LogP contribution in [0.5, 0.6) is 5.75 Å². The summed E-state index contributed by atoms with van der Waals surface area (Å²) in [6.07, 6.45) is 3.32. The van der Waals surface area contributed by atoms with Gasteiger partial charge >= 0.3 is 0 Å². The highest BCUT2D eigenvalue weighted by atomic mass is 16.5. The van der Waals surface area contributed by atoms with Crippen LogP contribution < -0.4 is 4.74 Å². The van der Waals surface area contributed by atoms with Crippen LogP contribution in [0.25, 0.3) is 5.76 Å².